The smallest absolute Gasteiger partial charge is 0.180 e. The molecular weight excluding hydrogens is 448 g/mol. The summed E-state index contributed by atoms with van der Waals surface area (Å²) in [5.74, 6) is 0.567. The molecule has 0 spiro atoms. The van der Waals surface area contributed by atoms with Crippen molar-refractivity contribution in [3.63, 3.8) is 0 Å². The molecule has 0 aliphatic heterocycles. The van der Waals surface area contributed by atoms with Crippen molar-refractivity contribution in [2.24, 2.45) is 0 Å². The summed E-state index contributed by atoms with van der Waals surface area (Å²) >= 11 is 18.8. The van der Waals surface area contributed by atoms with Gasteiger partial charge in [0.25, 0.3) is 0 Å². The van der Waals surface area contributed by atoms with Gasteiger partial charge < -0.3 is 14.8 Å². The van der Waals surface area contributed by atoms with E-state index >= 15 is 0 Å². The average molecular weight is 469 g/mol. The molecule has 158 valence electrons. The van der Waals surface area contributed by atoms with E-state index in [4.69, 9.17) is 44.3 Å². The summed E-state index contributed by atoms with van der Waals surface area (Å²) in [5.41, 5.74) is 2.62. The van der Waals surface area contributed by atoms with Crippen molar-refractivity contribution in [2.45, 2.75) is 26.6 Å². The Morgan fingerprint density at radius 1 is 0.833 bits per heavy atom. The number of hydrogen-bond donors (Lipinski definition) is 1. The van der Waals surface area contributed by atoms with Crippen LogP contribution in [0, 0.1) is 5.82 Å². The lowest BCUT2D eigenvalue weighted by Gasteiger charge is -2.16. The molecule has 0 bridgehead atoms. The highest BCUT2D eigenvalue weighted by molar-refractivity contribution is 6.32. The van der Waals surface area contributed by atoms with Crippen LogP contribution in [0.5, 0.6) is 11.5 Å². The van der Waals surface area contributed by atoms with Crippen LogP contribution in [-0.2, 0) is 19.7 Å². The molecule has 0 radical (unpaired) electrons. The first-order chi connectivity index (χ1) is 14.5. The number of benzene rings is 3. The average Bonchev–Trinajstić information content (AvgIpc) is 2.70. The lowest BCUT2D eigenvalue weighted by atomic mass is 10.1. The van der Waals surface area contributed by atoms with Gasteiger partial charge in [-0.3, -0.25) is 0 Å². The summed E-state index contributed by atoms with van der Waals surface area (Å²) in [6.45, 7) is 3.69. The van der Waals surface area contributed by atoms with Gasteiger partial charge >= 0.3 is 0 Å². The summed E-state index contributed by atoms with van der Waals surface area (Å²) in [7, 11) is 0. The molecule has 0 aliphatic rings. The predicted octanol–water partition coefficient (Wildman–Crippen LogP) is 7.05. The molecule has 0 saturated carbocycles. The van der Waals surface area contributed by atoms with Crippen LogP contribution >= 0.6 is 34.8 Å². The second-order valence-corrected chi connectivity index (χ2v) is 7.78. The van der Waals surface area contributed by atoms with Gasteiger partial charge in [0.2, 0.25) is 0 Å². The third-order valence-electron chi connectivity index (χ3n) is 4.36. The maximum Gasteiger partial charge on any atom is 0.180 e. The maximum atomic E-state index is 13.2. The summed E-state index contributed by atoms with van der Waals surface area (Å²) < 4.78 is 24.8. The van der Waals surface area contributed by atoms with Crippen LogP contribution in [0.3, 0.4) is 0 Å². The van der Waals surface area contributed by atoms with E-state index < -0.39 is 5.82 Å². The largest absolute Gasteiger partial charge is 0.490 e. The minimum Gasteiger partial charge on any atom is -0.490 e. The monoisotopic (exact) mass is 467 g/mol. The lowest BCUT2D eigenvalue weighted by molar-refractivity contribution is 0.269. The molecule has 7 heteroatoms. The predicted molar refractivity (Wildman–Crippen MR) is 120 cm³/mol. The molecule has 30 heavy (non-hydrogen) atoms. The van der Waals surface area contributed by atoms with Crippen LogP contribution in [-0.4, -0.2) is 6.61 Å². The van der Waals surface area contributed by atoms with Crippen LogP contribution in [0.15, 0.2) is 54.6 Å². The molecule has 0 unspecified atom stereocenters. The highest BCUT2D eigenvalue weighted by atomic mass is 35.5. The summed E-state index contributed by atoms with van der Waals surface area (Å²) in [4.78, 5) is 0. The topological polar surface area (TPSA) is 30.5 Å². The first-order valence-electron chi connectivity index (χ1n) is 9.44. The molecular formula is C23H21Cl3FNO2. The second-order valence-electron chi connectivity index (χ2n) is 6.56. The molecule has 0 aromatic heterocycles. The Morgan fingerprint density at radius 2 is 1.63 bits per heavy atom. The molecule has 0 saturated heterocycles. The fourth-order valence-electron chi connectivity index (χ4n) is 2.90. The van der Waals surface area contributed by atoms with Crippen LogP contribution < -0.4 is 14.8 Å². The maximum absolute atomic E-state index is 13.2. The van der Waals surface area contributed by atoms with Gasteiger partial charge in [0.1, 0.15) is 12.4 Å². The molecule has 3 aromatic rings. The number of hydrogen-bond acceptors (Lipinski definition) is 3. The van der Waals surface area contributed by atoms with Crippen molar-refractivity contribution in [2.75, 3.05) is 6.61 Å². The van der Waals surface area contributed by atoms with Crippen molar-refractivity contribution in [1.82, 2.24) is 5.32 Å². The van der Waals surface area contributed by atoms with Gasteiger partial charge in [-0.2, -0.15) is 0 Å². The van der Waals surface area contributed by atoms with Gasteiger partial charge in [0.15, 0.2) is 11.5 Å². The number of ether oxygens (including phenoxy) is 2. The highest BCUT2D eigenvalue weighted by Crippen LogP contribution is 2.37. The van der Waals surface area contributed by atoms with Crippen LogP contribution in [0.2, 0.25) is 15.1 Å². The normalized spacial score (nSPS) is 10.8. The summed E-state index contributed by atoms with van der Waals surface area (Å²) in [5, 5.41) is 4.80. The SMILES string of the molecule is CCOc1cc(CNCc2ccccc2Cl)cc(Cl)c1OCc1ccc(F)cc1Cl. The highest BCUT2D eigenvalue weighted by Gasteiger charge is 2.14. The van der Waals surface area contributed by atoms with E-state index in [1.54, 1.807) is 6.07 Å². The summed E-state index contributed by atoms with van der Waals surface area (Å²) in [6, 6.07) is 15.6. The first-order valence-corrected chi connectivity index (χ1v) is 10.6. The first kappa shape index (κ1) is 22.7. The number of rotatable bonds is 9. The summed E-state index contributed by atoms with van der Waals surface area (Å²) in [6.07, 6.45) is 0. The Bertz CT molecular complexity index is 1010. The minimum absolute atomic E-state index is 0.142. The van der Waals surface area contributed by atoms with E-state index in [-0.39, 0.29) is 6.61 Å². The molecule has 3 rings (SSSR count). The van der Waals surface area contributed by atoms with Crippen molar-refractivity contribution >= 4 is 34.8 Å². The van der Waals surface area contributed by atoms with E-state index in [9.17, 15) is 4.39 Å². The van der Waals surface area contributed by atoms with E-state index in [1.807, 2.05) is 43.3 Å². The van der Waals surface area contributed by atoms with Gasteiger partial charge in [0, 0.05) is 23.7 Å². The molecule has 0 atom stereocenters. The van der Waals surface area contributed by atoms with Gasteiger partial charge in [-0.25, -0.2) is 4.39 Å². The molecule has 0 amide bonds. The Hall–Kier alpha value is -1.98. The standard InChI is InChI=1S/C23H21Cl3FNO2/c1-2-29-22-10-15(12-28-13-16-5-3-4-6-19(16)24)9-21(26)23(22)30-14-17-7-8-18(27)11-20(17)25/h3-11,28H,2,12-14H2,1H3. The van der Waals surface area contributed by atoms with Crippen molar-refractivity contribution in [1.29, 1.82) is 0 Å². The molecule has 0 heterocycles. The molecule has 0 fully saturated rings. The minimum atomic E-state index is -0.398. The third-order valence-corrected chi connectivity index (χ3v) is 5.36. The van der Waals surface area contributed by atoms with E-state index in [0.717, 1.165) is 16.1 Å². The van der Waals surface area contributed by atoms with Crippen LogP contribution in [0.1, 0.15) is 23.6 Å². The fourth-order valence-corrected chi connectivity index (χ4v) is 3.61. The van der Waals surface area contributed by atoms with Gasteiger partial charge in [-0.05, 0) is 48.4 Å². The Labute approximate surface area is 190 Å². The fraction of sp³-hybridized carbons (Fsp3) is 0.217. The van der Waals surface area contributed by atoms with Crippen LogP contribution in [0.25, 0.3) is 0 Å². The van der Waals surface area contributed by atoms with E-state index in [2.05, 4.69) is 5.32 Å². The molecule has 0 aliphatic carbocycles. The van der Waals surface area contributed by atoms with Gasteiger partial charge in [0.05, 0.1) is 16.7 Å². The molecule has 1 N–H and O–H groups in total. The zero-order chi connectivity index (χ0) is 21.5. The quantitative estimate of drug-likeness (QED) is 0.365. The molecule has 3 nitrogen and oxygen atoms in total. The number of nitrogens with one attached hydrogen (secondary N) is 1. The lowest BCUT2D eigenvalue weighted by Crippen LogP contribution is -2.13. The zero-order valence-corrected chi connectivity index (χ0v) is 18.6. The third kappa shape index (κ3) is 6.02. The van der Waals surface area contributed by atoms with Crippen molar-refractivity contribution in [3.05, 3.63) is 92.2 Å². The Kier molecular flexibility index (Phi) is 8.23. The zero-order valence-electron chi connectivity index (χ0n) is 16.4. The van der Waals surface area contributed by atoms with Crippen LogP contribution in [0.4, 0.5) is 4.39 Å². The van der Waals surface area contributed by atoms with Crippen molar-refractivity contribution in [3.8, 4) is 11.5 Å². The number of halogens is 4. The van der Waals surface area contributed by atoms with Gasteiger partial charge in [-0.1, -0.05) is 59.1 Å². The van der Waals surface area contributed by atoms with Gasteiger partial charge in [-0.15, -0.1) is 0 Å². The molecule has 3 aromatic carbocycles. The van der Waals surface area contributed by atoms with Crippen molar-refractivity contribution < 1.29 is 13.9 Å². The second kappa shape index (κ2) is 10.9. The Balaban J connectivity index is 1.70. The van der Waals surface area contributed by atoms with E-state index in [0.29, 0.717) is 46.8 Å². The van der Waals surface area contributed by atoms with E-state index in [1.165, 1.54) is 12.1 Å². The Morgan fingerprint density at radius 3 is 2.37 bits per heavy atom.